The van der Waals surface area contributed by atoms with Crippen LogP contribution < -0.4 is 14.8 Å². The number of methoxy groups -OCH3 is 2. The van der Waals surface area contributed by atoms with Gasteiger partial charge in [0.1, 0.15) is 11.5 Å². The van der Waals surface area contributed by atoms with Crippen LogP contribution in [0.3, 0.4) is 0 Å². The van der Waals surface area contributed by atoms with Crippen molar-refractivity contribution in [2.75, 3.05) is 26.1 Å². The summed E-state index contributed by atoms with van der Waals surface area (Å²) in [7, 11) is 3.06. The van der Waals surface area contributed by atoms with Crippen molar-refractivity contribution in [2.45, 2.75) is 25.7 Å². The molecular formula is C19H21NO5S. The highest BCUT2D eigenvalue weighted by molar-refractivity contribution is 7.10. The Balaban J connectivity index is 1.59. The number of carbonyl (C=O) groups excluding carboxylic acids is 2. The first-order valence-corrected chi connectivity index (χ1v) is 9.28. The van der Waals surface area contributed by atoms with E-state index in [0.717, 1.165) is 31.2 Å². The average Bonchev–Trinajstić information content (AvgIpc) is 3.10. The monoisotopic (exact) mass is 375 g/mol. The summed E-state index contributed by atoms with van der Waals surface area (Å²) in [6.45, 7) is -0.344. The van der Waals surface area contributed by atoms with Gasteiger partial charge in [0.2, 0.25) is 0 Å². The summed E-state index contributed by atoms with van der Waals surface area (Å²) in [5.41, 5.74) is 2.19. The van der Waals surface area contributed by atoms with Crippen LogP contribution in [0.5, 0.6) is 11.5 Å². The second kappa shape index (κ2) is 8.23. The molecule has 0 fully saturated rings. The van der Waals surface area contributed by atoms with Gasteiger partial charge in [0.15, 0.2) is 6.61 Å². The van der Waals surface area contributed by atoms with Gasteiger partial charge >= 0.3 is 5.97 Å². The highest BCUT2D eigenvalue weighted by Gasteiger charge is 2.21. The van der Waals surface area contributed by atoms with Gasteiger partial charge in [0, 0.05) is 34.1 Å². The van der Waals surface area contributed by atoms with Gasteiger partial charge in [-0.15, -0.1) is 11.3 Å². The minimum Gasteiger partial charge on any atom is -0.497 e. The highest BCUT2D eigenvalue weighted by Crippen LogP contribution is 2.30. The predicted octanol–water partition coefficient (Wildman–Crippen LogP) is 3.44. The van der Waals surface area contributed by atoms with Crippen LogP contribution in [0.15, 0.2) is 23.6 Å². The largest absolute Gasteiger partial charge is 0.497 e. The van der Waals surface area contributed by atoms with Crippen molar-refractivity contribution in [2.24, 2.45) is 0 Å². The molecule has 1 aromatic heterocycles. The van der Waals surface area contributed by atoms with E-state index in [1.807, 2.05) is 5.38 Å². The number of anilines is 1. The number of amides is 1. The zero-order chi connectivity index (χ0) is 18.5. The molecule has 26 heavy (non-hydrogen) atoms. The molecule has 0 atom stereocenters. The van der Waals surface area contributed by atoms with Crippen LogP contribution in [-0.4, -0.2) is 32.7 Å². The minimum atomic E-state index is -0.442. The third kappa shape index (κ3) is 4.16. The number of nitrogens with one attached hydrogen (secondary N) is 1. The maximum atomic E-state index is 12.3. The van der Waals surface area contributed by atoms with Crippen LogP contribution in [-0.2, 0) is 22.4 Å². The highest BCUT2D eigenvalue weighted by atomic mass is 32.1. The lowest BCUT2D eigenvalue weighted by atomic mass is 9.96. The molecule has 1 N–H and O–H groups in total. The zero-order valence-corrected chi connectivity index (χ0v) is 15.6. The van der Waals surface area contributed by atoms with E-state index >= 15 is 0 Å². The predicted molar refractivity (Wildman–Crippen MR) is 99.4 cm³/mol. The smallest absolute Gasteiger partial charge is 0.339 e. The molecule has 1 aliphatic rings. The van der Waals surface area contributed by atoms with E-state index in [1.165, 1.54) is 19.1 Å². The molecule has 0 spiro atoms. The van der Waals surface area contributed by atoms with Crippen LogP contribution >= 0.6 is 11.3 Å². The fourth-order valence-corrected chi connectivity index (χ4v) is 4.07. The lowest BCUT2D eigenvalue weighted by molar-refractivity contribution is -0.119. The van der Waals surface area contributed by atoms with Crippen molar-refractivity contribution in [3.05, 3.63) is 39.6 Å². The molecule has 1 aromatic carbocycles. The zero-order valence-electron chi connectivity index (χ0n) is 14.8. The van der Waals surface area contributed by atoms with Gasteiger partial charge < -0.3 is 19.5 Å². The molecule has 138 valence electrons. The minimum absolute atomic E-state index is 0.344. The summed E-state index contributed by atoms with van der Waals surface area (Å²) in [4.78, 5) is 25.7. The fraction of sp³-hybridized carbons (Fsp3) is 0.368. The summed E-state index contributed by atoms with van der Waals surface area (Å²) < 4.78 is 15.5. The molecule has 6 nitrogen and oxygen atoms in total. The normalized spacial score (nSPS) is 12.8. The molecule has 2 aromatic rings. The second-order valence-electron chi connectivity index (χ2n) is 5.98. The molecule has 7 heteroatoms. The van der Waals surface area contributed by atoms with Crippen LogP contribution in [0, 0.1) is 0 Å². The molecule has 1 heterocycles. The number of carbonyl (C=O) groups is 2. The number of thiophene rings is 1. The van der Waals surface area contributed by atoms with Crippen molar-refractivity contribution >= 4 is 28.9 Å². The first-order chi connectivity index (χ1) is 12.6. The Labute approximate surface area is 156 Å². The van der Waals surface area contributed by atoms with Crippen molar-refractivity contribution in [3.8, 4) is 11.5 Å². The van der Waals surface area contributed by atoms with E-state index in [4.69, 9.17) is 14.2 Å². The Hall–Kier alpha value is -2.54. The van der Waals surface area contributed by atoms with Crippen molar-refractivity contribution in [3.63, 3.8) is 0 Å². The van der Waals surface area contributed by atoms with Crippen LogP contribution in [0.25, 0.3) is 0 Å². The van der Waals surface area contributed by atoms with E-state index in [1.54, 1.807) is 29.5 Å². The maximum Gasteiger partial charge on any atom is 0.339 e. The summed E-state index contributed by atoms with van der Waals surface area (Å²) in [5.74, 6) is 0.253. The van der Waals surface area contributed by atoms with Crippen LogP contribution in [0.4, 0.5) is 5.69 Å². The third-order valence-electron chi connectivity index (χ3n) is 4.25. The van der Waals surface area contributed by atoms with Crippen molar-refractivity contribution in [1.82, 2.24) is 0 Å². The molecule has 0 saturated carbocycles. The number of esters is 1. The van der Waals surface area contributed by atoms with Gasteiger partial charge in [-0.25, -0.2) is 4.79 Å². The number of aryl methyl sites for hydroxylation is 1. The summed E-state index contributed by atoms with van der Waals surface area (Å²) in [6, 6.07) is 5.03. The van der Waals surface area contributed by atoms with E-state index < -0.39 is 11.9 Å². The SMILES string of the molecule is COc1cc(NC(=O)COC(=O)c2csc3c2CCCC3)cc(OC)c1. The van der Waals surface area contributed by atoms with Crippen LogP contribution in [0.1, 0.15) is 33.6 Å². The van der Waals surface area contributed by atoms with E-state index in [2.05, 4.69) is 5.32 Å². The van der Waals surface area contributed by atoms with Crippen LogP contribution in [0.2, 0.25) is 0 Å². The van der Waals surface area contributed by atoms with Crippen molar-refractivity contribution < 1.29 is 23.8 Å². The first kappa shape index (κ1) is 18.3. The maximum absolute atomic E-state index is 12.3. The number of ether oxygens (including phenoxy) is 3. The number of rotatable bonds is 6. The van der Waals surface area contributed by atoms with Gasteiger partial charge in [-0.2, -0.15) is 0 Å². The summed E-state index contributed by atoms with van der Waals surface area (Å²) in [6.07, 6.45) is 4.17. The lowest BCUT2D eigenvalue weighted by Gasteiger charge is -2.12. The quantitative estimate of drug-likeness (QED) is 0.783. The molecule has 0 saturated heterocycles. The molecule has 0 bridgehead atoms. The van der Waals surface area contributed by atoms with Gasteiger partial charge in [-0.1, -0.05) is 0 Å². The molecule has 0 aliphatic heterocycles. The molecule has 1 amide bonds. The molecule has 0 radical (unpaired) electrons. The number of benzene rings is 1. The lowest BCUT2D eigenvalue weighted by Crippen LogP contribution is -2.21. The van der Waals surface area contributed by atoms with Gasteiger partial charge in [0.25, 0.3) is 5.91 Å². The third-order valence-corrected chi connectivity index (χ3v) is 5.34. The Morgan fingerprint density at radius 2 is 1.77 bits per heavy atom. The Bertz CT molecular complexity index is 792. The summed E-state index contributed by atoms with van der Waals surface area (Å²) >= 11 is 1.60. The standard InChI is InChI=1S/C19H21NO5S/c1-23-13-7-12(8-14(9-13)24-2)20-18(21)10-25-19(22)16-11-26-17-6-4-3-5-15(16)17/h7-9,11H,3-6,10H2,1-2H3,(H,20,21). The fourth-order valence-electron chi connectivity index (χ4n) is 2.95. The Morgan fingerprint density at radius 1 is 1.08 bits per heavy atom. The van der Waals surface area contributed by atoms with Crippen molar-refractivity contribution in [1.29, 1.82) is 0 Å². The Morgan fingerprint density at radius 3 is 2.46 bits per heavy atom. The van der Waals surface area contributed by atoms with E-state index in [0.29, 0.717) is 22.7 Å². The number of hydrogen-bond acceptors (Lipinski definition) is 6. The Kier molecular flexibility index (Phi) is 5.78. The molecule has 0 unspecified atom stereocenters. The van der Waals surface area contributed by atoms with E-state index in [-0.39, 0.29) is 6.61 Å². The second-order valence-corrected chi connectivity index (χ2v) is 6.95. The average molecular weight is 375 g/mol. The van der Waals surface area contributed by atoms with Gasteiger partial charge in [-0.3, -0.25) is 4.79 Å². The van der Waals surface area contributed by atoms with Gasteiger partial charge in [-0.05, 0) is 31.2 Å². The molecular weight excluding hydrogens is 354 g/mol. The number of hydrogen-bond donors (Lipinski definition) is 1. The molecule has 1 aliphatic carbocycles. The first-order valence-electron chi connectivity index (χ1n) is 8.40. The number of fused-ring (bicyclic) bond motifs is 1. The summed E-state index contributed by atoms with van der Waals surface area (Å²) in [5, 5.41) is 4.52. The van der Waals surface area contributed by atoms with E-state index in [9.17, 15) is 9.59 Å². The van der Waals surface area contributed by atoms with Gasteiger partial charge in [0.05, 0.1) is 19.8 Å². The topological polar surface area (TPSA) is 73.9 Å². The molecule has 3 rings (SSSR count).